The van der Waals surface area contributed by atoms with Crippen molar-refractivity contribution in [1.82, 2.24) is 10.3 Å². The molecular formula is C16H20N2O2. The van der Waals surface area contributed by atoms with Crippen LogP contribution in [0.1, 0.15) is 22.8 Å². The first kappa shape index (κ1) is 14.5. The molecule has 0 bridgehead atoms. The normalized spacial score (nSPS) is 12.2. The molecule has 0 spiro atoms. The number of pyridine rings is 1. The van der Waals surface area contributed by atoms with Crippen LogP contribution >= 0.6 is 0 Å². The third-order valence-corrected chi connectivity index (χ3v) is 3.28. The highest BCUT2D eigenvalue weighted by Crippen LogP contribution is 2.18. The number of rotatable bonds is 6. The van der Waals surface area contributed by atoms with Gasteiger partial charge in [0.25, 0.3) is 0 Å². The largest absolute Gasteiger partial charge is 0.497 e. The zero-order chi connectivity index (χ0) is 14.4. The van der Waals surface area contributed by atoms with Crippen molar-refractivity contribution in [2.45, 2.75) is 19.6 Å². The lowest BCUT2D eigenvalue weighted by atomic mass is 10.1. The minimum absolute atomic E-state index is 0.488. The molecule has 1 aromatic carbocycles. The molecule has 0 saturated heterocycles. The first-order valence-corrected chi connectivity index (χ1v) is 6.63. The fourth-order valence-electron chi connectivity index (χ4n) is 1.99. The maximum atomic E-state index is 10.2. The van der Waals surface area contributed by atoms with Gasteiger partial charge in [-0.1, -0.05) is 12.1 Å². The van der Waals surface area contributed by atoms with Crippen molar-refractivity contribution in [3.63, 3.8) is 0 Å². The molecule has 4 nitrogen and oxygen atoms in total. The van der Waals surface area contributed by atoms with Gasteiger partial charge in [0.15, 0.2) is 0 Å². The predicted octanol–water partition coefficient (Wildman–Crippen LogP) is 2.22. The summed E-state index contributed by atoms with van der Waals surface area (Å²) in [4.78, 5) is 4.11. The van der Waals surface area contributed by atoms with Crippen molar-refractivity contribution in [3.8, 4) is 5.75 Å². The molecule has 1 aromatic heterocycles. The van der Waals surface area contributed by atoms with Gasteiger partial charge in [0.1, 0.15) is 5.75 Å². The van der Waals surface area contributed by atoms with E-state index in [1.807, 2.05) is 36.5 Å². The number of methoxy groups -OCH3 is 1. The van der Waals surface area contributed by atoms with Crippen LogP contribution in [0.2, 0.25) is 0 Å². The Morgan fingerprint density at radius 2 is 2.20 bits per heavy atom. The van der Waals surface area contributed by atoms with Crippen LogP contribution in [0, 0.1) is 6.92 Å². The second kappa shape index (κ2) is 7.03. The minimum atomic E-state index is -0.554. The van der Waals surface area contributed by atoms with Crippen LogP contribution in [0.3, 0.4) is 0 Å². The van der Waals surface area contributed by atoms with E-state index in [0.29, 0.717) is 13.1 Å². The summed E-state index contributed by atoms with van der Waals surface area (Å²) < 4.78 is 5.15. The average molecular weight is 272 g/mol. The first-order chi connectivity index (χ1) is 9.70. The number of aliphatic hydroxyl groups is 1. The van der Waals surface area contributed by atoms with E-state index in [9.17, 15) is 5.11 Å². The first-order valence-electron chi connectivity index (χ1n) is 6.63. The molecule has 0 saturated carbocycles. The molecule has 2 rings (SSSR count). The second-order valence-corrected chi connectivity index (χ2v) is 4.73. The van der Waals surface area contributed by atoms with Crippen LogP contribution in [0.25, 0.3) is 0 Å². The van der Waals surface area contributed by atoms with Crippen LogP contribution in [-0.4, -0.2) is 23.7 Å². The van der Waals surface area contributed by atoms with Gasteiger partial charge in [-0.25, -0.2) is 0 Å². The SMILES string of the molecule is COc1cccc(C(O)CNCc2cnccc2C)c1. The molecule has 0 radical (unpaired) electrons. The van der Waals surface area contributed by atoms with Gasteiger partial charge in [-0.05, 0) is 41.8 Å². The van der Waals surface area contributed by atoms with Crippen molar-refractivity contribution in [2.75, 3.05) is 13.7 Å². The third-order valence-electron chi connectivity index (χ3n) is 3.28. The van der Waals surface area contributed by atoms with Gasteiger partial charge in [0, 0.05) is 25.5 Å². The summed E-state index contributed by atoms with van der Waals surface area (Å²) in [5, 5.41) is 13.4. The number of nitrogens with one attached hydrogen (secondary N) is 1. The maximum absolute atomic E-state index is 10.2. The van der Waals surface area contributed by atoms with E-state index in [2.05, 4.69) is 17.2 Å². The van der Waals surface area contributed by atoms with Gasteiger partial charge < -0.3 is 15.2 Å². The summed E-state index contributed by atoms with van der Waals surface area (Å²) in [6.07, 6.45) is 3.08. The molecule has 0 amide bonds. The smallest absolute Gasteiger partial charge is 0.119 e. The fourth-order valence-corrected chi connectivity index (χ4v) is 1.99. The van der Waals surface area contributed by atoms with Crippen LogP contribution in [0.15, 0.2) is 42.7 Å². The van der Waals surface area contributed by atoms with Gasteiger partial charge in [0.2, 0.25) is 0 Å². The fraction of sp³-hybridized carbons (Fsp3) is 0.312. The monoisotopic (exact) mass is 272 g/mol. The highest BCUT2D eigenvalue weighted by molar-refractivity contribution is 5.30. The molecule has 0 fully saturated rings. The van der Waals surface area contributed by atoms with Crippen molar-refractivity contribution in [3.05, 3.63) is 59.4 Å². The number of aryl methyl sites for hydroxylation is 1. The van der Waals surface area contributed by atoms with Gasteiger partial charge in [-0.3, -0.25) is 4.98 Å². The van der Waals surface area contributed by atoms with Gasteiger partial charge in [-0.2, -0.15) is 0 Å². The van der Waals surface area contributed by atoms with Crippen LogP contribution < -0.4 is 10.1 Å². The molecule has 0 aliphatic carbocycles. The molecule has 1 unspecified atom stereocenters. The molecule has 0 aliphatic rings. The molecular weight excluding hydrogens is 252 g/mol. The Balaban J connectivity index is 1.89. The van der Waals surface area contributed by atoms with E-state index >= 15 is 0 Å². The van der Waals surface area contributed by atoms with Gasteiger partial charge in [0.05, 0.1) is 13.2 Å². The Kier molecular flexibility index (Phi) is 5.09. The number of hydrogen-bond acceptors (Lipinski definition) is 4. The average Bonchev–Trinajstić information content (AvgIpc) is 2.49. The number of ether oxygens (including phenoxy) is 1. The number of aromatic nitrogens is 1. The van der Waals surface area contributed by atoms with E-state index in [1.54, 1.807) is 13.3 Å². The highest BCUT2D eigenvalue weighted by atomic mass is 16.5. The Bertz CT molecular complexity index is 558. The van der Waals surface area contributed by atoms with Crippen molar-refractivity contribution in [1.29, 1.82) is 0 Å². The summed E-state index contributed by atoms with van der Waals surface area (Å²) in [5.74, 6) is 0.754. The van der Waals surface area contributed by atoms with Gasteiger partial charge in [-0.15, -0.1) is 0 Å². The van der Waals surface area contributed by atoms with Crippen molar-refractivity contribution < 1.29 is 9.84 Å². The van der Waals surface area contributed by atoms with Gasteiger partial charge >= 0.3 is 0 Å². The minimum Gasteiger partial charge on any atom is -0.497 e. The molecule has 4 heteroatoms. The number of nitrogens with zero attached hydrogens (tertiary/aromatic N) is 1. The number of aliphatic hydroxyl groups excluding tert-OH is 1. The molecule has 1 heterocycles. The molecule has 1 atom stereocenters. The standard InChI is InChI=1S/C16H20N2O2/c1-12-6-7-17-9-14(12)10-18-11-16(19)13-4-3-5-15(8-13)20-2/h3-9,16,18-19H,10-11H2,1-2H3. The van der Waals surface area contributed by atoms with Crippen molar-refractivity contribution in [2.24, 2.45) is 0 Å². The van der Waals surface area contributed by atoms with Crippen LogP contribution in [-0.2, 0) is 6.54 Å². The quantitative estimate of drug-likeness (QED) is 0.846. The lowest BCUT2D eigenvalue weighted by molar-refractivity contribution is 0.174. The van der Waals surface area contributed by atoms with E-state index in [-0.39, 0.29) is 0 Å². The molecule has 106 valence electrons. The topological polar surface area (TPSA) is 54.4 Å². The predicted molar refractivity (Wildman–Crippen MR) is 78.6 cm³/mol. The maximum Gasteiger partial charge on any atom is 0.119 e. The molecule has 2 aromatic rings. The van der Waals surface area contributed by atoms with E-state index < -0.39 is 6.10 Å². The van der Waals surface area contributed by atoms with Crippen molar-refractivity contribution >= 4 is 0 Å². The summed E-state index contributed by atoms with van der Waals surface area (Å²) in [7, 11) is 1.62. The Morgan fingerprint density at radius 1 is 1.35 bits per heavy atom. The van der Waals surface area contributed by atoms with E-state index in [0.717, 1.165) is 16.9 Å². The summed E-state index contributed by atoms with van der Waals surface area (Å²) >= 11 is 0. The second-order valence-electron chi connectivity index (χ2n) is 4.73. The molecule has 0 aliphatic heterocycles. The van der Waals surface area contributed by atoms with E-state index in [4.69, 9.17) is 4.74 Å². The third kappa shape index (κ3) is 3.79. The zero-order valence-electron chi connectivity index (χ0n) is 11.8. The lowest BCUT2D eigenvalue weighted by Gasteiger charge is -2.13. The summed E-state index contributed by atoms with van der Waals surface area (Å²) in [5.41, 5.74) is 3.19. The Labute approximate surface area is 119 Å². The molecule has 20 heavy (non-hydrogen) atoms. The highest BCUT2D eigenvalue weighted by Gasteiger charge is 2.08. The van der Waals surface area contributed by atoms with E-state index in [1.165, 1.54) is 5.56 Å². The Morgan fingerprint density at radius 3 is 2.95 bits per heavy atom. The zero-order valence-corrected chi connectivity index (χ0v) is 11.8. The number of hydrogen-bond donors (Lipinski definition) is 2. The summed E-state index contributed by atoms with van der Waals surface area (Å²) in [6, 6.07) is 9.46. The number of benzene rings is 1. The van der Waals surface area contributed by atoms with Crippen LogP contribution in [0.5, 0.6) is 5.75 Å². The van der Waals surface area contributed by atoms with Crippen LogP contribution in [0.4, 0.5) is 0 Å². The molecule has 2 N–H and O–H groups in total. The summed E-state index contributed by atoms with van der Waals surface area (Å²) in [6.45, 7) is 3.24. The lowest BCUT2D eigenvalue weighted by Crippen LogP contribution is -2.21. The Hall–Kier alpha value is -1.91.